The number of imidazole rings is 1. The lowest BCUT2D eigenvalue weighted by molar-refractivity contribution is -0.384. The highest BCUT2D eigenvalue weighted by atomic mass is 16.6. The minimum absolute atomic E-state index is 0.0266. The molecule has 1 fully saturated rings. The summed E-state index contributed by atoms with van der Waals surface area (Å²) in [5.74, 6) is -0.118. The summed E-state index contributed by atoms with van der Waals surface area (Å²) in [6.07, 6.45) is 4.57. The fourth-order valence-electron chi connectivity index (χ4n) is 3.71. The number of nitro groups is 1. The molecule has 2 aromatic carbocycles. The second kappa shape index (κ2) is 8.46. The van der Waals surface area contributed by atoms with Gasteiger partial charge in [-0.15, -0.1) is 0 Å². The van der Waals surface area contributed by atoms with Crippen LogP contribution in [0.4, 0.5) is 11.4 Å². The molecule has 4 rings (SSSR count). The number of ether oxygens (including phenoxy) is 1. The van der Waals surface area contributed by atoms with Crippen molar-refractivity contribution in [1.29, 1.82) is 0 Å². The smallest absolute Gasteiger partial charge is 0.293 e. The predicted molar refractivity (Wildman–Crippen MR) is 112 cm³/mol. The Morgan fingerprint density at radius 2 is 2.07 bits per heavy atom. The summed E-state index contributed by atoms with van der Waals surface area (Å²) < 4.78 is 7.47. The quantitative estimate of drug-likeness (QED) is 0.379. The molecule has 3 aromatic rings. The summed E-state index contributed by atoms with van der Waals surface area (Å²) in [6, 6.07) is 14.5. The number of hydrogen-bond acceptors (Lipinski definition) is 6. The van der Waals surface area contributed by atoms with E-state index in [2.05, 4.69) is 10.3 Å². The fourth-order valence-corrected chi connectivity index (χ4v) is 3.71. The van der Waals surface area contributed by atoms with Crippen molar-refractivity contribution in [3.05, 3.63) is 88.0 Å². The summed E-state index contributed by atoms with van der Waals surface area (Å²) in [4.78, 5) is 27.9. The van der Waals surface area contributed by atoms with Gasteiger partial charge in [-0.05, 0) is 30.5 Å². The maximum atomic E-state index is 12.7. The molecule has 2 unspecified atom stereocenters. The number of aryl methyl sites for hydroxylation is 1. The molecule has 30 heavy (non-hydrogen) atoms. The average molecular weight is 406 g/mol. The largest absolute Gasteiger partial charge is 0.377 e. The van der Waals surface area contributed by atoms with Crippen LogP contribution in [0.25, 0.3) is 0 Å². The molecular weight excluding hydrogens is 384 g/mol. The zero-order valence-electron chi connectivity index (χ0n) is 16.5. The van der Waals surface area contributed by atoms with E-state index >= 15 is 0 Å². The van der Waals surface area contributed by atoms with E-state index in [1.807, 2.05) is 30.3 Å². The zero-order chi connectivity index (χ0) is 21.1. The number of nitro benzene ring substituents is 1. The molecule has 154 valence electrons. The van der Waals surface area contributed by atoms with Crippen LogP contribution in [-0.2, 0) is 11.8 Å². The van der Waals surface area contributed by atoms with Gasteiger partial charge in [0.1, 0.15) is 5.69 Å². The van der Waals surface area contributed by atoms with Crippen LogP contribution in [0.2, 0.25) is 0 Å². The molecule has 0 amide bonds. The van der Waals surface area contributed by atoms with E-state index in [1.165, 1.54) is 12.3 Å². The number of nitrogens with one attached hydrogen (secondary N) is 1. The van der Waals surface area contributed by atoms with Crippen molar-refractivity contribution in [1.82, 2.24) is 9.55 Å². The van der Waals surface area contributed by atoms with Crippen LogP contribution in [0.3, 0.4) is 0 Å². The molecule has 1 aliphatic rings. The Bertz CT molecular complexity index is 1060. The Morgan fingerprint density at radius 3 is 2.77 bits per heavy atom. The van der Waals surface area contributed by atoms with Crippen molar-refractivity contribution in [2.45, 2.75) is 25.0 Å². The molecule has 0 bridgehead atoms. The first-order valence-electron chi connectivity index (χ1n) is 9.76. The molecule has 8 heteroatoms. The first-order chi connectivity index (χ1) is 14.5. The number of rotatable bonds is 6. The standard InChI is InChI=1S/C22H22N4O4/c1-25-11-10-23-22(25)21(27)16-7-8-18(19(13-16)26(28)29)24-17-9-12-30-20(14-17)15-5-3-2-4-6-15/h2-8,10-11,13,17,20,24H,9,12,14H2,1H3. The number of nitrogens with zero attached hydrogens (tertiary/aromatic N) is 3. The summed E-state index contributed by atoms with van der Waals surface area (Å²) in [5.41, 5.74) is 1.60. The van der Waals surface area contributed by atoms with Gasteiger partial charge in [0.15, 0.2) is 5.82 Å². The Balaban J connectivity index is 1.54. The molecule has 0 aliphatic carbocycles. The molecule has 8 nitrogen and oxygen atoms in total. The number of benzene rings is 2. The van der Waals surface area contributed by atoms with Gasteiger partial charge < -0.3 is 14.6 Å². The van der Waals surface area contributed by atoms with Crippen molar-refractivity contribution in [2.75, 3.05) is 11.9 Å². The Labute approximate surface area is 173 Å². The van der Waals surface area contributed by atoms with Crippen LogP contribution in [0.1, 0.15) is 40.7 Å². The number of ketones is 1. The van der Waals surface area contributed by atoms with E-state index < -0.39 is 4.92 Å². The van der Waals surface area contributed by atoms with Gasteiger partial charge in [-0.2, -0.15) is 0 Å². The van der Waals surface area contributed by atoms with Crippen LogP contribution in [0.15, 0.2) is 60.9 Å². The minimum atomic E-state index is -0.467. The Hall–Kier alpha value is -3.52. The van der Waals surface area contributed by atoms with Crippen LogP contribution in [0.5, 0.6) is 0 Å². The number of carbonyl (C=O) groups excluding carboxylic acids is 1. The fraction of sp³-hybridized carbons (Fsp3) is 0.273. The topological polar surface area (TPSA) is 99.3 Å². The van der Waals surface area contributed by atoms with Crippen LogP contribution >= 0.6 is 0 Å². The number of anilines is 1. The molecule has 0 spiro atoms. The van der Waals surface area contributed by atoms with Gasteiger partial charge in [-0.3, -0.25) is 14.9 Å². The van der Waals surface area contributed by atoms with Crippen LogP contribution in [0, 0.1) is 10.1 Å². The van der Waals surface area contributed by atoms with Gasteiger partial charge in [0.25, 0.3) is 5.69 Å². The molecule has 1 aromatic heterocycles. The van der Waals surface area contributed by atoms with E-state index in [0.717, 1.165) is 12.0 Å². The average Bonchev–Trinajstić information content (AvgIpc) is 3.20. The zero-order valence-corrected chi connectivity index (χ0v) is 16.5. The summed E-state index contributed by atoms with van der Waals surface area (Å²) >= 11 is 0. The highest BCUT2D eigenvalue weighted by Crippen LogP contribution is 2.33. The lowest BCUT2D eigenvalue weighted by Crippen LogP contribution is -2.30. The van der Waals surface area contributed by atoms with Crippen molar-refractivity contribution in [3.63, 3.8) is 0 Å². The summed E-state index contributed by atoms with van der Waals surface area (Å²) in [7, 11) is 1.71. The highest BCUT2D eigenvalue weighted by molar-refractivity contribution is 6.07. The van der Waals surface area contributed by atoms with E-state index in [9.17, 15) is 14.9 Å². The van der Waals surface area contributed by atoms with Gasteiger partial charge in [0.2, 0.25) is 5.78 Å². The van der Waals surface area contributed by atoms with Gasteiger partial charge in [0.05, 0.1) is 11.0 Å². The number of carbonyl (C=O) groups is 1. The van der Waals surface area contributed by atoms with Gasteiger partial charge in [-0.1, -0.05) is 30.3 Å². The maximum absolute atomic E-state index is 12.7. The molecule has 2 atom stereocenters. The van der Waals surface area contributed by atoms with Crippen molar-refractivity contribution in [2.24, 2.45) is 7.05 Å². The Kier molecular flexibility index (Phi) is 5.58. The first-order valence-corrected chi connectivity index (χ1v) is 9.76. The second-order valence-corrected chi connectivity index (χ2v) is 7.32. The SMILES string of the molecule is Cn1ccnc1C(=O)c1ccc(NC2CCOC(c3ccccc3)C2)c([N+](=O)[O-])c1. The van der Waals surface area contributed by atoms with Crippen LogP contribution < -0.4 is 5.32 Å². The highest BCUT2D eigenvalue weighted by Gasteiger charge is 2.27. The molecule has 0 saturated carbocycles. The molecule has 1 aliphatic heterocycles. The molecule has 1 saturated heterocycles. The third-order valence-electron chi connectivity index (χ3n) is 5.30. The van der Waals surface area contributed by atoms with E-state index in [4.69, 9.17) is 4.74 Å². The summed E-state index contributed by atoms with van der Waals surface area (Å²) in [6.45, 7) is 0.570. The molecule has 0 radical (unpaired) electrons. The van der Waals surface area contributed by atoms with Gasteiger partial charge >= 0.3 is 0 Å². The third-order valence-corrected chi connectivity index (χ3v) is 5.30. The minimum Gasteiger partial charge on any atom is -0.377 e. The maximum Gasteiger partial charge on any atom is 0.293 e. The van der Waals surface area contributed by atoms with Gasteiger partial charge in [0, 0.05) is 43.7 Å². The molecular formula is C22H22N4O4. The molecule has 2 heterocycles. The number of aromatic nitrogens is 2. The monoisotopic (exact) mass is 406 g/mol. The summed E-state index contributed by atoms with van der Waals surface area (Å²) in [5, 5.41) is 15.0. The Morgan fingerprint density at radius 1 is 1.27 bits per heavy atom. The predicted octanol–water partition coefficient (Wildman–Crippen LogP) is 3.89. The molecule has 1 N–H and O–H groups in total. The van der Waals surface area contributed by atoms with Crippen molar-refractivity contribution in [3.8, 4) is 0 Å². The lowest BCUT2D eigenvalue weighted by Gasteiger charge is -2.31. The van der Waals surface area contributed by atoms with E-state index in [1.54, 1.807) is 29.9 Å². The van der Waals surface area contributed by atoms with Crippen LogP contribution in [-0.4, -0.2) is 32.9 Å². The number of hydrogen-bond donors (Lipinski definition) is 1. The lowest BCUT2D eigenvalue weighted by atomic mass is 9.97. The van der Waals surface area contributed by atoms with Crippen molar-refractivity contribution >= 4 is 17.2 Å². The second-order valence-electron chi connectivity index (χ2n) is 7.32. The van der Waals surface area contributed by atoms with E-state index in [0.29, 0.717) is 18.7 Å². The normalized spacial score (nSPS) is 18.7. The first kappa shape index (κ1) is 19.8. The third kappa shape index (κ3) is 4.08. The van der Waals surface area contributed by atoms with Gasteiger partial charge in [-0.25, -0.2) is 4.98 Å². The van der Waals surface area contributed by atoms with Crippen molar-refractivity contribution < 1.29 is 14.5 Å². The van der Waals surface area contributed by atoms with E-state index in [-0.39, 0.29) is 35.0 Å².